The minimum atomic E-state index is -0.145. The highest BCUT2D eigenvalue weighted by molar-refractivity contribution is 7.20. The molecule has 0 saturated heterocycles. The van der Waals surface area contributed by atoms with E-state index in [0.717, 1.165) is 22.3 Å². The molecule has 134 valence electrons. The van der Waals surface area contributed by atoms with Gasteiger partial charge in [0.05, 0.1) is 16.3 Å². The van der Waals surface area contributed by atoms with Gasteiger partial charge in [-0.1, -0.05) is 42.5 Å². The van der Waals surface area contributed by atoms with Gasteiger partial charge < -0.3 is 16.4 Å². The van der Waals surface area contributed by atoms with Crippen LogP contribution in [0, 0.1) is 0 Å². The molecule has 4 N–H and O–H groups in total. The van der Waals surface area contributed by atoms with E-state index < -0.39 is 0 Å². The predicted molar refractivity (Wildman–Crippen MR) is 114 cm³/mol. The van der Waals surface area contributed by atoms with Crippen molar-refractivity contribution in [3.8, 4) is 0 Å². The second-order valence-corrected chi connectivity index (χ2v) is 7.33. The molecule has 0 aliphatic carbocycles. The van der Waals surface area contributed by atoms with Gasteiger partial charge in [0.1, 0.15) is 0 Å². The molecule has 0 unspecified atom stereocenters. The fourth-order valence-electron chi connectivity index (χ4n) is 2.86. The molecule has 5 heteroatoms. The molecule has 0 radical (unpaired) electrons. The highest BCUT2D eigenvalue weighted by Crippen LogP contribution is 2.29. The molecule has 1 heterocycles. The number of carbonyl (C=O) groups excluding carboxylic acids is 1. The number of anilines is 3. The van der Waals surface area contributed by atoms with E-state index in [2.05, 4.69) is 28.8 Å². The van der Waals surface area contributed by atoms with Crippen LogP contribution in [-0.4, -0.2) is 5.91 Å². The average Bonchev–Trinajstić information content (AvgIpc) is 3.12. The van der Waals surface area contributed by atoms with E-state index in [4.69, 9.17) is 5.73 Å². The third-order valence-corrected chi connectivity index (χ3v) is 5.40. The number of hydrogen-bond donors (Lipinski definition) is 3. The summed E-state index contributed by atoms with van der Waals surface area (Å²) < 4.78 is 1.08. The minimum Gasteiger partial charge on any atom is -0.397 e. The maximum Gasteiger partial charge on any atom is 0.265 e. The van der Waals surface area contributed by atoms with E-state index >= 15 is 0 Å². The van der Waals surface area contributed by atoms with Crippen molar-refractivity contribution in [3.05, 3.63) is 89.3 Å². The van der Waals surface area contributed by atoms with Crippen LogP contribution in [0.25, 0.3) is 10.1 Å². The standard InChI is InChI=1S/C22H19N3OS/c23-18-8-4-5-9-19(18)25-22(26)21-13-16-12-17(10-11-20(16)27-21)24-14-15-6-2-1-3-7-15/h1-13,24H,14,23H2,(H,25,26). The Labute approximate surface area is 161 Å². The maximum absolute atomic E-state index is 12.6. The Morgan fingerprint density at radius 3 is 2.52 bits per heavy atom. The van der Waals surface area contributed by atoms with Crippen LogP contribution in [-0.2, 0) is 6.54 Å². The van der Waals surface area contributed by atoms with Gasteiger partial charge in [-0.3, -0.25) is 4.79 Å². The highest BCUT2D eigenvalue weighted by atomic mass is 32.1. The fraction of sp³-hybridized carbons (Fsp3) is 0.0455. The SMILES string of the molecule is Nc1ccccc1NC(=O)c1cc2cc(NCc3ccccc3)ccc2s1. The van der Waals surface area contributed by atoms with Crippen LogP contribution in [0.5, 0.6) is 0 Å². The molecule has 4 nitrogen and oxygen atoms in total. The summed E-state index contributed by atoms with van der Waals surface area (Å²) in [5, 5.41) is 7.35. The smallest absolute Gasteiger partial charge is 0.265 e. The Balaban J connectivity index is 1.50. The van der Waals surface area contributed by atoms with Crippen LogP contribution in [0.2, 0.25) is 0 Å². The number of nitrogens with two attached hydrogens (primary N) is 1. The molecule has 4 aromatic rings. The Morgan fingerprint density at radius 2 is 1.70 bits per heavy atom. The Kier molecular flexibility index (Phi) is 4.77. The van der Waals surface area contributed by atoms with Crippen molar-refractivity contribution >= 4 is 44.4 Å². The van der Waals surface area contributed by atoms with Gasteiger partial charge in [0.25, 0.3) is 5.91 Å². The normalized spacial score (nSPS) is 10.7. The van der Waals surface area contributed by atoms with Crippen molar-refractivity contribution in [2.45, 2.75) is 6.54 Å². The largest absolute Gasteiger partial charge is 0.397 e. The quantitative estimate of drug-likeness (QED) is 0.413. The molecule has 27 heavy (non-hydrogen) atoms. The Morgan fingerprint density at radius 1 is 0.926 bits per heavy atom. The maximum atomic E-state index is 12.6. The lowest BCUT2D eigenvalue weighted by Crippen LogP contribution is -2.11. The molecule has 0 aliphatic heterocycles. The zero-order valence-electron chi connectivity index (χ0n) is 14.6. The van der Waals surface area contributed by atoms with Crippen molar-refractivity contribution in [1.29, 1.82) is 0 Å². The summed E-state index contributed by atoms with van der Waals surface area (Å²) in [7, 11) is 0. The summed E-state index contributed by atoms with van der Waals surface area (Å²) in [6, 6.07) is 25.6. The first-order valence-corrected chi connectivity index (χ1v) is 9.48. The van der Waals surface area contributed by atoms with Crippen LogP contribution in [0.1, 0.15) is 15.2 Å². The van der Waals surface area contributed by atoms with Crippen molar-refractivity contribution < 1.29 is 4.79 Å². The highest BCUT2D eigenvalue weighted by Gasteiger charge is 2.12. The van der Waals surface area contributed by atoms with Gasteiger partial charge >= 0.3 is 0 Å². The number of benzene rings is 3. The molecule has 1 aromatic heterocycles. The first kappa shape index (κ1) is 17.1. The monoisotopic (exact) mass is 373 g/mol. The average molecular weight is 373 g/mol. The van der Waals surface area contributed by atoms with Crippen molar-refractivity contribution in [2.24, 2.45) is 0 Å². The topological polar surface area (TPSA) is 67.1 Å². The third kappa shape index (κ3) is 3.93. The zero-order valence-corrected chi connectivity index (χ0v) is 15.4. The van der Waals surface area contributed by atoms with Crippen LogP contribution in [0.3, 0.4) is 0 Å². The van der Waals surface area contributed by atoms with E-state index in [0.29, 0.717) is 16.3 Å². The Hall–Kier alpha value is -3.31. The van der Waals surface area contributed by atoms with Crippen LogP contribution in [0.15, 0.2) is 78.9 Å². The first-order chi connectivity index (χ1) is 13.2. The van der Waals surface area contributed by atoms with Gasteiger partial charge in [-0.05, 0) is 47.3 Å². The number of thiophene rings is 1. The summed E-state index contributed by atoms with van der Waals surface area (Å²) in [6.07, 6.45) is 0. The number of nitrogen functional groups attached to an aromatic ring is 1. The van der Waals surface area contributed by atoms with Crippen LogP contribution in [0.4, 0.5) is 17.1 Å². The second-order valence-electron chi connectivity index (χ2n) is 6.24. The van der Waals surface area contributed by atoms with Gasteiger partial charge in [-0.25, -0.2) is 0 Å². The molecule has 3 aromatic carbocycles. The Bertz CT molecular complexity index is 1090. The number of hydrogen-bond acceptors (Lipinski definition) is 4. The summed E-state index contributed by atoms with van der Waals surface area (Å²) in [5.74, 6) is -0.145. The summed E-state index contributed by atoms with van der Waals surface area (Å²) in [5.41, 5.74) is 9.34. The van der Waals surface area contributed by atoms with Gasteiger partial charge in [-0.15, -0.1) is 11.3 Å². The molecular formula is C22H19N3OS. The lowest BCUT2D eigenvalue weighted by atomic mass is 10.2. The molecule has 0 atom stereocenters. The second kappa shape index (κ2) is 7.51. The summed E-state index contributed by atoms with van der Waals surface area (Å²) >= 11 is 1.47. The van der Waals surface area contributed by atoms with E-state index in [1.54, 1.807) is 12.1 Å². The van der Waals surface area contributed by atoms with Gasteiger partial charge in [0.15, 0.2) is 0 Å². The minimum absolute atomic E-state index is 0.145. The number of nitrogens with one attached hydrogen (secondary N) is 2. The van der Waals surface area contributed by atoms with Crippen molar-refractivity contribution in [1.82, 2.24) is 0 Å². The molecule has 0 fully saturated rings. The molecule has 0 saturated carbocycles. The number of amides is 1. The van der Waals surface area contributed by atoms with Crippen molar-refractivity contribution in [2.75, 3.05) is 16.4 Å². The number of carbonyl (C=O) groups is 1. The third-order valence-electron chi connectivity index (χ3n) is 4.29. The molecule has 0 spiro atoms. The zero-order chi connectivity index (χ0) is 18.6. The lowest BCUT2D eigenvalue weighted by molar-refractivity contribution is 0.103. The van der Waals surface area contributed by atoms with E-state index in [1.165, 1.54) is 16.9 Å². The van der Waals surface area contributed by atoms with E-state index in [9.17, 15) is 4.79 Å². The molecule has 0 aliphatic rings. The predicted octanol–water partition coefficient (Wildman–Crippen LogP) is 5.35. The van der Waals surface area contributed by atoms with Crippen LogP contribution >= 0.6 is 11.3 Å². The van der Waals surface area contributed by atoms with E-state index in [-0.39, 0.29) is 5.91 Å². The van der Waals surface area contributed by atoms with Gasteiger partial charge in [0.2, 0.25) is 0 Å². The molecule has 1 amide bonds. The first-order valence-electron chi connectivity index (χ1n) is 8.66. The van der Waals surface area contributed by atoms with E-state index in [1.807, 2.05) is 48.5 Å². The van der Waals surface area contributed by atoms with Gasteiger partial charge in [-0.2, -0.15) is 0 Å². The molecule has 0 bridgehead atoms. The number of rotatable bonds is 5. The van der Waals surface area contributed by atoms with Gasteiger partial charge in [0, 0.05) is 16.9 Å². The molecular weight excluding hydrogens is 354 g/mol. The fourth-order valence-corrected chi connectivity index (χ4v) is 3.80. The molecule has 4 rings (SSSR count). The number of para-hydroxylation sites is 2. The lowest BCUT2D eigenvalue weighted by Gasteiger charge is -2.06. The summed E-state index contributed by atoms with van der Waals surface area (Å²) in [6.45, 7) is 0.761. The number of fused-ring (bicyclic) bond motifs is 1. The van der Waals surface area contributed by atoms with Crippen molar-refractivity contribution in [3.63, 3.8) is 0 Å². The van der Waals surface area contributed by atoms with Crippen LogP contribution < -0.4 is 16.4 Å². The summed E-state index contributed by atoms with van der Waals surface area (Å²) in [4.78, 5) is 13.2.